The number of amides is 1. The third-order valence-electron chi connectivity index (χ3n) is 3.82. The Hall–Kier alpha value is -2.87. The number of hydrogen-bond donors (Lipinski definition) is 1. The van der Waals surface area contributed by atoms with Gasteiger partial charge in [0, 0.05) is 17.2 Å². The molecule has 0 bridgehead atoms. The van der Waals surface area contributed by atoms with Crippen LogP contribution in [-0.4, -0.2) is 32.2 Å². The van der Waals surface area contributed by atoms with Gasteiger partial charge in [-0.2, -0.15) is 0 Å². The molecule has 0 fully saturated rings. The fourth-order valence-corrected chi connectivity index (χ4v) is 3.08. The molecule has 7 nitrogen and oxygen atoms in total. The van der Waals surface area contributed by atoms with E-state index in [-0.39, 0.29) is 23.4 Å². The van der Waals surface area contributed by atoms with E-state index in [1.54, 1.807) is 36.9 Å². The number of thioether (sulfide) groups is 1. The first-order valence-corrected chi connectivity index (χ1v) is 9.48. The van der Waals surface area contributed by atoms with Gasteiger partial charge in [-0.05, 0) is 36.4 Å². The molecule has 0 unspecified atom stereocenters. The highest BCUT2D eigenvalue weighted by atomic mass is 32.2. The number of Topliss-reactive ketones (excluding diaryl/α,β-unsaturated/α-hetero) is 1. The molecular formula is C19H20N4O3S. The summed E-state index contributed by atoms with van der Waals surface area (Å²) in [5, 5.41) is 11.4. The average molecular weight is 384 g/mol. The molecule has 2 aromatic heterocycles. The largest absolute Gasteiger partial charge is 0.467 e. The lowest BCUT2D eigenvalue weighted by Gasteiger charge is -2.08. The summed E-state index contributed by atoms with van der Waals surface area (Å²) < 4.78 is 7.16. The van der Waals surface area contributed by atoms with Crippen LogP contribution in [0.1, 0.15) is 30.0 Å². The lowest BCUT2D eigenvalue weighted by atomic mass is 10.1. The number of nitrogens with one attached hydrogen (secondary N) is 1. The van der Waals surface area contributed by atoms with Gasteiger partial charge in [-0.15, -0.1) is 10.2 Å². The van der Waals surface area contributed by atoms with Gasteiger partial charge in [-0.1, -0.05) is 25.6 Å². The standard InChI is InChI=1S/C19H20N4O3S/c1-13(2)18(25)21-15-7-5-14(6-8-15)17(24)11-27-19-22-20-12-23(19)10-16-4-3-9-26-16/h3-9,12-13H,10-11H2,1-2H3,(H,21,25). The van der Waals surface area contributed by atoms with Gasteiger partial charge in [0.2, 0.25) is 5.91 Å². The van der Waals surface area contributed by atoms with E-state index in [2.05, 4.69) is 15.5 Å². The van der Waals surface area contributed by atoms with Crippen molar-refractivity contribution in [1.29, 1.82) is 0 Å². The van der Waals surface area contributed by atoms with Crippen molar-refractivity contribution in [3.05, 3.63) is 60.3 Å². The highest BCUT2D eigenvalue weighted by Crippen LogP contribution is 2.19. The van der Waals surface area contributed by atoms with E-state index in [4.69, 9.17) is 4.42 Å². The molecule has 1 aromatic carbocycles. The maximum absolute atomic E-state index is 12.4. The minimum absolute atomic E-state index is 0.0192. The molecule has 27 heavy (non-hydrogen) atoms. The van der Waals surface area contributed by atoms with Crippen LogP contribution in [-0.2, 0) is 11.3 Å². The van der Waals surface area contributed by atoms with Crippen molar-refractivity contribution in [2.45, 2.75) is 25.5 Å². The zero-order valence-corrected chi connectivity index (χ0v) is 15.9. The summed E-state index contributed by atoms with van der Waals surface area (Å²) in [6.45, 7) is 4.17. The van der Waals surface area contributed by atoms with Gasteiger partial charge in [-0.25, -0.2) is 0 Å². The molecule has 0 aliphatic rings. The second-order valence-electron chi connectivity index (χ2n) is 6.25. The van der Waals surface area contributed by atoms with Crippen LogP contribution in [0.4, 0.5) is 5.69 Å². The molecule has 0 radical (unpaired) electrons. The molecule has 3 rings (SSSR count). The fourth-order valence-electron chi connectivity index (χ4n) is 2.27. The molecule has 0 saturated carbocycles. The number of benzene rings is 1. The lowest BCUT2D eigenvalue weighted by Crippen LogP contribution is -2.17. The molecule has 0 saturated heterocycles. The Morgan fingerprint density at radius 1 is 1.22 bits per heavy atom. The van der Waals surface area contributed by atoms with Gasteiger partial charge in [0.05, 0.1) is 18.6 Å². The number of carbonyl (C=O) groups is 2. The zero-order valence-electron chi connectivity index (χ0n) is 15.1. The Morgan fingerprint density at radius 3 is 2.67 bits per heavy atom. The summed E-state index contributed by atoms with van der Waals surface area (Å²) in [4.78, 5) is 24.1. The van der Waals surface area contributed by atoms with Gasteiger partial charge < -0.3 is 14.3 Å². The van der Waals surface area contributed by atoms with Gasteiger partial charge in [0.15, 0.2) is 10.9 Å². The van der Waals surface area contributed by atoms with E-state index in [9.17, 15) is 9.59 Å². The van der Waals surface area contributed by atoms with Gasteiger partial charge >= 0.3 is 0 Å². The molecule has 140 valence electrons. The number of hydrogen-bond acceptors (Lipinski definition) is 6. The number of carbonyl (C=O) groups excluding carboxylic acids is 2. The minimum atomic E-state index is -0.0961. The Labute approximate surface area is 161 Å². The van der Waals surface area contributed by atoms with Gasteiger partial charge in [-0.3, -0.25) is 9.59 Å². The maximum Gasteiger partial charge on any atom is 0.226 e. The molecule has 1 amide bonds. The predicted octanol–water partition coefficient (Wildman–Crippen LogP) is 3.49. The normalized spacial score (nSPS) is 10.9. The maximum atomic E-state index is 12.4. The van der Waals surface area contributed by atoms with Crippen LogP contribution in [0, 0.1) is 5.92 Å². The molecule has 3 aromatic rings. The van der Waals surface area contributed by atoms with Gasteiger partial charge in [0.25, 0.3) is 0 Å². The highest BCUT2D eigenvalue weighted by molar-refractivity contribution is 7.99. The summed E-state index contributed by atoms with van der Waals surface area (Å²) in [5.74, 6) is 0.868. The lowest BCUT2D eigenvalue weighted by molar-refractivity contribution is -0.118. The first kappa shape index (κ1) is 18.9. The molecule has 2 heterocycles. The summed E-state index contributed by atoms with van der Waals surface area (Å²) in [7, 11) is 0. The van der Waals surface area contributed by atoms with Crippen molar-refractivity contribution in [2.24, 2.45) is 5.92 Å². The third kappa shape index (κ3) is 5.07. The topological polar surface area (TPSA) is 90.0 Å². The quantitative estimate of drug-likeness (QED) is 0.472. The van der Waals surface area contributed by atoms with E-state index in [1.807, 2.05) is 30.5 Å². The monoisotopic (exact) mass is 384 g/mol. The zero-order chi connectivity index (χ0) is 19.2. The van der Waals surface area contributed by atoms with Crippen molar-refractivity contribution in [2.75, 3.05) is 11.1 Å². The molecule has 1 N–H and O–H groups in total. The molecule has 0 aliphatic heterocycles. The third-order valence-corrected chi connectivity index (χ3v) is 4.80. The Kier molecular flexibility index (Phi) is 6.08. The molecule has 0 spiro atoms. The van der Waals surface area contributed by atoms with Crippen molar-refractivity contribution in [3.8, 4) is 0 Å². The first-order valence-electron chi connectivity index (χ1n) is 8.50. The summed E-state index contributed by atoms with van der Waals surface area (Å²) in [6, 6.07) is 10.6. The van der Waals surface area contributed by atoms with E-state index < -0.39 is 0 Å². The number of aromatic nitrogens is 3. The van der Waals surface area contributed by atoms with Crippen molar-refractivity contribution < 1.29 is 14.0 Å². The molecule has 0 aliphatic carbocycles. The number of nitrogens with zero attached hydrogens (tertiary/aromatic N) is 3. The number of furan rings is 1. The number of anilines is 1. The second kappa shape index (κ2) is 8.68. The van der Waals surface area contributed by atoms with Crippen molar-refractivity contribution >= 4 is 29.1 Å². The number of ketones is 1. The van der Waals surface area contributed by atoms with Crippen molar-refractivity contribution in [3.63, 3.8) is 0 Å². The first-order chi connectivity index (χ1) is 13.0. The predicted molar refractivity (Wildman–Crippen MR) is 103 cm³/mol. The van der Waals surface area contributed by atoms with Crippen LogP contribution >= 0.6 is 11.8 Å². The van der Waals surface area contributed by atoms with E-state index in [1.165, 1.54) is 11.8 Å². The highest BCUT2D eigenvalue weighted by Gasteiger charge is 2.12. The SMILES string of the molecule is CC(C)C(=O)Nc1ccc(C(=O)CSc2nncn2Cc2ccco2)cc1. The Balaban J connectivity index is 1.57. The van der Waals surface area contributed by atoms with Crippen LogP contribution < -0.4 is 5.32 Å². The summed E-state index contributed by atoms with van der Waals surface area (Å²) in [6.07, 6.45) is 3.23. The average Bonchev–Trinajstić information content (AvgIpc) is 3.32. The van der Waals surface area contributed by atoms with Gasteiger partial charge in [0.1, 0.15) is 12.1 Å². The van der Waals surface area contributed by atoms with E-state index in [0.717, 1.165) is 5.76 Å². The fraction of sp³-hybridized carbons (Fsp3) is 0.263. The van der Waals surface area contributed by atoms with E-state index >= 15 is 0 Å². The Morgan fingerprint density at radius 2 is 2.00 bits per heavy atom. The summed E-state index contributed by atoms with van der Waals surface area (Å²) >= 11 is 1.33. The number of rotatable bonds is 8. The molecule has 8 heteroatoms. The minimum Gasteiger partial charge on any atom is -0.467 e. The van der Waals surface area contributed by atoms with Crippen LogP contribution in [0.2, 0.25) is 0 Å². The summed E-state index contributed by atoms with van der Waals surface area (Å²) in [5.41, 5.74) is 1.26. The van der Waals surface area contributed by atoms with Crippen LogP contribution in [0.25, 0.3) is 0 Å². The van der Waals surface area contributed by atoms with Crippen LogP contribution in [0.15, 0.2) is 58.6 Å². The molecular weight excluding hydrogens is 364 g/mol. The second-order valence-corrected chi connectivity index (χ2v) is 7.20. The van der Waals surface area contributed by atoms with Crippen molar-refractivity contribution in [1.82, 2.24) is 14.8 Å². The van der Waals surface area contributed by atoms with Crippen LogP contribution in [0.5, 0.6) is 0 Å². The Bertz CT molecular complexity index is 901. The van der Waals surface area contributed by atoms with E-state index in [0.29, 0.717) is 23.0 Å². The molecule has 0 atom stereocenters. The smallest absolute Gasteiger partial charge is 0.226 e. The van der Waals surface area contributed by atoms with Crippen LogP contribution in [0.3, 0.4) is 0 Å².